The van der Waals surface area contributed by atoms with Crippen LogP contribution in [0.1, 0.15) is 63.8 Å². The number of hydrogen-bond donors (Lipinski definition) is 2. The molecule has 3 rings (SSSR count). The van der Waals surface area contributed by atoms with Gasteiger partial charge in [-0.1, -0.05) is 45.4 Å². The third-order valence-electron chi connectivity index (χ3n) is 5.40. The number of benzene rings is 1. The van der Waals surface area contributed by atoms with E-state index in [9.17, 15) is 14.0 Å². The highest BCUT2D eigenvalue weighted by Gasteiger charge is 2.27. The quantitative estimate of drug-likeness (QED) is 0.351. The second-order valence-electron chi connectivity index (χ2n) is 7.59. The van der Waals surface area contributed by atoms with E-state index >= 15 is 0 Å². The Labute approximate surface area is 208 Å². The van der Waals surface area contributed by atoms with Crippen molar-refractivity contribution in [1.82, 2.24) is 10.4 Å². The molecule has 1 aromatic carbocycles. The smallest absolute Gasteiger partial charge is 0.109 e. The van der Waals surface area contributed by atoms with E-state index in [4.69, 9.17) is 11.6 Å². The van der Waals surface area contributed by atoms with Gasteiger partial charge in [0.05, 0.1) is 42.7 Å². The first-order chi connectivity index (χ1) is 16.5. The number of alkyl halides is 2. The molecule has 0 spiro atoms. The molecule has 0 unspecified atom stereocenters. The van der Waals surface area contributed by atoms with Crippen molar-refractivity contribution in [3.8, 4) is 6.07 Å². The largest absolute Gasteiger partial charge is 0.362 e. The minimum atomic E-state index is -0.886. The predicted octanol–water partition coefficient (Wildman–Crippen LogP) is 6.95. The van der Waals surface area contributed by atoms with Crippen molar-refractivity contribution in [3.05, 3.63) is 52.3 Å². The zero-order chi connectivity index (χ0) is 25.5. The van der Waals surface area contributed by atoms with E-state index in [1.165, 1.54) is 6.42 Å². The maximum Gasteiger partial charge on any atom is 0.109 e. The van der Waals surface area contributed by atoms with Gasteiger partial charge < -0.3 is 10.3 Å². The summed E-state index contributed by atoms with van der Waals surface area (Å²) in [5, 5.41) is 9.95. The molecule has 0 atom stereocenters. The first-order valence-electron chi connectivity index (χ1n) is 12.1. The van der Waals surface area contributed by atoms with Crippen molar-refractivity contribution in [3.63, 3.8) is 0 Å². The van der Waals surface area contributed by atoms with Gasteiger partial charge in [-0.2, -0.15) is 5.26 Å². The Morgan fingerprint density at radius 3 is 2.35 bits per heavy atom. The van der Waals surface area contributed by atoms with Gasteiger partial charge >= 0.3 is 0 Å². The van der Waals surface area contributed by atoms with E-state index in [2.05, 4.69) is 26.8 Å². The van der Waals surface area contributed by atoms with Crippen LogP contribution in [0, 0.1) is 18.3 Å². The third-order valence-corrected chi connectivity index (χ3v) is 5.81. The second kappa shape index (κ2) is 16.2. The molecule has 8 heteroatoms. The Balaban J connectivity index is 0.00000137. The molecular formula is C26H38ClF2N5. The minimum absolute atomic E-state index is 0.322. The number of hydrazine groups is 1. The highest BCUT2D eigenvalue weighted by Crippen LogP contribution is 2.36. The summed E-state index contributed by atoms with van der Waals surface area (Å²) in [5.74, 6) is 0. The van der Waals surface area contributed by atoms with Gasteiger partial charge in [0.1, 0.15) is 13.3 Å². The predicted molar refractivity (Wildman–Crippen MR) is 139 cm³/mol. The summed E-state index contributed by atoms with van der Waals surface area (Å²) in [6.07, 6.45) is 5.32. The molecule has 0 aliphatic heterocycles. The number of aromatic nitrogens is 1. The van der Waals surface area contributed by atoms with Crippen molar-refractivity contribution in [2.24, 2.45) is 0 Å². The van der Waals surface area contributed by atoms with Crippen LogP contribution in [0.2, 0.25) is 5.02 Å². The Kier molecular flexibility index (Phi) is 14.1. The summed E-state index contributed by atoms with van der Waals surface area (Å²) in [6, 6.07) is 9.40. The first kappa shape index (κ1) is 29.6. The highest BCUT2D eigenvalue weighted by molar-refractivity contribution is 6.31. The van der Waals surface area contributed by atoms with Gasteiger partial charge in [0.15, 0.2) is 0 Å². The fourth-order valence-corrected chi connectivity index (χ4v) is 3.56. The molecule has 188 valence electrons. The van der Waals surface area contributed by atoms with E-state index < -0.39 is 19.4 Å². The van der Waals surface area contributed by atoms with Crippen LogP contribution in [0.4, 0.5) is 20.2 Å². The van der Waals surface area contributed by atoms with Gasteiger partial charge in [-0.25, -0.2) is 14.2 Å². The molecule has 0 bridgehead atoms. The fourth-order valence-electron chi connectivity index (χ4n) is 3.40. The number of aryl methyl sites for hydroxylation is 1. The molecule has 5 nitrogen and oxygen atoms in total. The van der Waals surface area contributed by atoms with E-state index in [1.807, 2.05) is 58.9 Å². The zero-order valence-electron chi connectivity index (χ0n) is 21.0. The summed E-state index contributed by atoms with van der Waals surface area (Å²) in [5.41, 5.74) is 9.78. The van der Waals surface area contributed by atoms with Crippen LogP contribution in [-0.2, 0) is 13.0 Å². The molecule has 1 saturated carbocycles. The van der Waals surface area contributed by atoms with Gasteiger partial charge in [0.2, 0.25) is 0 Å². The highest BCUT2D eigenvalue weighted by atomic mass is 35.5. The average molecular weight is 494 g/mol. The van der Waals surface area contributed by atoms with Gasteiger partial charge in [0, 0.05) is 16.8 Å². The van der Waals surface area contributed by atoms with Gasteiger partial charge in [-0.05, 0) is 55.5 Å². The van der Waals surface area contributed by atoms with Crippen LogP contribution < -0.4 is 15.8 Å². The average Bonchev–Trinajstić information content (AvgIpc) is 2.84. The van der Waals surface area contributed by atoms with Gasteiger partial charge in [0.25, 0.3) is 0 Å². The first-order valence-corrected chi connectivity index (χ1v) is 12.4. The molecule has 2 N–H and O–H groups in total. The molecule has 0 amide bonds. The molecule has 0 saturated heterocycles. The standard InChI is InChI=1S/C22H26ClF2N5.2C2H6/c1-15-9-16(7-8-26)22(10-21(15)23)30(20-3-2-4-20)14-18-6-5-17(13-27-18)28-29-19(11-24)12-25;2*1-2/h5-6,9-10,13,19-20,28-29H,2-4,7,11-12,14H2,1H3;2*1-2H3. The van der Waals surface area contributed by atoms with Crippen LogP contribution in [0.15, 0.2) is 30.5 Å². The zero-order valence-corrected chi connectivity index (χ0v) is 21.7. The van der Waals surface area contributed by atoms with Crippen LogP contribution in [0.3, 0.4) is 0 Å². The topological polar surface area (TPSA) is 64.0 Å². The number of pyridine rings is 1. The number of anilines is 2. The fraction of sp³-hybridized carbons (Fsp3) is 0.538. The molecule has 1 fully saturated rings. The number of nitrogens with one attached hydrogen (secondary N) is 2. The molecule has 2 aromatic rings. The lowest BCUT2D eigenvalue weighted by atomic mass is 9.90. The summed E-state index contributed by atoms with van der Waals surface area (Å²) in [7, 11) is 0. The number of rotatable bonds is 10. The number of hydrogen-bond acceptors (Lipinski definition) is 5. The van der Waals surface area contributed by atoms with E-state index in [0.29, 0.717) is 29.7 Å². The maximum atomic E-state index is 12.6. The Bertz CT molecular complexity index is 878. The van der Waals surface area contributed by atoms with Crippen molar-refractivity contribution in [2.45, 2.75) is 78.9 Å². The molecule has 1 aliphatic rings. The van der Waals surface area contributed by atoms with Crippen LogP contribution in [0.25, 0.3) is 0 Å². The lowest BCUT2D eigenvalue weighted by Crippen LogP contribution is -2.40. The minimum Gasteiger partial charge on any atom is -0.362 e. The van der Waals surface area contributed by atoms with Crippen molar-refractivity contribution in [2.75, 3.05) is 23.7 Å². The van der Waals surface area contributed by atoms with Crippen molar-refractivity contribution >= 4 is 23.0 Å². The van der Waals surface area contributed by atoms with E-state index in [-0.39, 0.29) is 0 Å². The number of nitrogens with zero attached hydrogens (tertiary/aromatic N) is 3. The molecule has 1 aliphatic carbocycles. The van der Waals surface area contributed by atoms with E-state index in [0.717, 1.165) is 35.3 Å². The van der Waals surface area contributed by atoms with Crippen LogP contribution in [-0.4, -0.2) is 30.4 Å². The SMILES string of the molecule is CC.CC.Cc1cc(CC#N)c(N(Cc2ccc(NNC(CF)CF)cn2)C2CCC2)cc1Cl. The Morgan fingerprint density at radius 2 is 1.85 bits per heavy atom. The number of nitriles is 1. The van der Waals surface area contributed by atoms with Crippen LogP contribution in [0.5, 0.6) is 0 Å². The maximum absolute atomic E-state index is 12.6. The molecular weight excluding hydrogens is 456 g/mol. The lowest BCUT2D eigenvalue weighted by Gasteiger charge is -2.40. The summed E-state index contributed by atoms with van der Waals surface area (Å²) >= 11 is 6.41. The molecule has 34 heavy (non-hydrogen) atoms. The lowest BCUT2D eigenvalue weighted by molar-refractivity contribution is 0.320. The summed E-state index contributed by atoms with van der Waals surface area (Å²) < 4.78 is 25.2. The third kappa shape index (κ3) is 8.41. The van der Waals surface area contributed by atoms with Crippen molar-refractivity contribution < 1.29 is 8.78 Å². The second-order valence-corrected chi connectivity index (χ2v) is 8.00. The summed E-state index contributed by atoms with van der Waals surface area (Å²) in [4.78, 5) is 6.79. The van der Waals surface area contributed by atoms with Gasteiger partial charge in [-0.15, -0.1) is 0 Å². The molecule has 1 heterocycles. The molecule has 0 radical (unpaired) electrons. The monoisotopic (exact) mass is 493 g/mol. The van der Waals surface area contributed by atoms with Gasteiger partial charge in [-0.3, -0.25) is 4.98 Å². The summed E-state index contributed by atoms with van der Waals surface area (Å²) in [6.45, 7) is 8.94. The van der Waals surface area contributed by atoms with Crippen LogP contribution >= 0.6 is 11.6 Å². The molecule has 1 aromatic heterocycles. The van der Waals surface area contributed by atoms with E-state index in [1.54, 1.807) is 6.20 Å². The Hall–Kier alpha value is -2.43. The normalized spacial score (nSPS) is 12.5. The Morgan fingerprint density at radius 1 is 1.18 bits per heavy atom. The van der Waals surface area contributed by atoms with Crippen molar-refractivity contribution in [1.29, 1.82) is 5.26 Å². The number of halogens is 3.